The van der Waals surface area contributed by atoms with Crippen molar-refractivity contribution in [3.05, 3.63) is 69.2 Å². The zero-order chi connectivity index (χ0) is 14.8. The van der Waals surface area contributed by atoms with Crippen molar-refractivity contribution in [2.24, 2.45) is 0 Å². The van der Waals surface area contributed by atoms with E-state index in [1.165, 1.54) is 0 Å². The van der Waals surface area contributed by atoms with Crippen molar-refractivity contribution < 1.29 is 9.53 Å². The van der Waals surface area contributed by atoms with Gasteiger partial charge in [0.15, 0.2) is 5.78 Å². The first-order valence-electron chi connectivity index (χ1n) is 6.86. The van der Waals surface area contributed by atoms with Crippen molar-refractivity contribution in [2.45, 2.75) is 12.8 Å². The van der Waals surface area contributed by atoms with Gasteiger partial charge in [-0.3, -0.25) is 4.79 Å². The van der Waals surface area contributed by atoms with Crippen LogP contribution in [-0.4, -0.2) is 12.9 Å². The van der Waals surface area contributed by atoms with Crippen LogP contribution < -0.4 is 4.74 Å². The summed E-state index contributed by atoms with van der Waals surface area (Å²) in [5, 5.41) is 0. The van der Waals surface area contributed by atoms with Gasteiger partial charge >= 0.3 is 0 Å². The fourth-order valence-corrected chi connectivity index (χ4v) is 3.19. The Hall–Kier alpha value is -1.87. The van der Waals surface area contributed by atoms with E-state index in [4.69, 9.17) is 4.74 Å². The van der Waals surface area contributed by atoms with Crippen LogP contribution in [0.5, 0.6) is 5.75 Å². The highest BCUT2D eigenvalue weighted by Crippen LogP contribution is 2.29. The molecule has 0 N–H and O–H groups in total. The molecule has 106 valence electrons. The Morgan fingerprint density at radius 1 is 1.14 bits per heavy atom. The molecule has 0 saturated carbocycles. The van der Waals surface area contributed by atoms with Crippen LogP contribution in [0.2, 0.25) is 0 Å². The van der Waals surface area contributed by atoms with E-state index in [-0.39, 0.29) is 5.78 Å². The van der Waals surface area contributed by atoms with Gasteiger partial charge < -0.3 is 4.74 Å². The van der Waals surface area contributed by atoms with Crippen LogP contribution in [0.1, 0.15) is 27.9 Å². The molecule has 0 radical (unpaired) electrons. The second-order valence-electron chi connectivity index (χ2n) is 5.05. The fraction of sp³-hybridized carbons (Fsp3) is 0.167. The Kier molecular flexibility index (Phi) is 3.93. The smallest absolute Gasteiger partial charge is 0.189 e. The Balaban J connectivity index is 1.95. The number of carbonyl (C=O) groups is 1. The van der Waals surface area contributed by atoms with E-state index in [1.54, 1.807) is 7.11 Å². The van der Waals surface area contributed by atoms with Gasteiger partial charge in [-0.1, -0.05) is 30.3 Å². The number of fused-ring (bicyclic) bond motifs is 1. The van der Waals surface area contributed by atoms with Gasteiger partial charge in [0.05, 0.1) is 11.6 Å². The lowest BCUT2D eigenvalue weighted by Gasteiger charge is -2.17. The van der Waals surface area contributed by atoms with Crippen molar-refractivity contribution in [2.75, 3.05) is 7.11 Å². The topological polar surface area (TPSA) is 26.3 Å². The molecule has 2 nitrogen and oxygen atoms in total. The largest absolute Gasteiger partial charge is 0.496 e. The molecule has 21 heavy (non-hydrogen) atoms. The number of hydrogen-bond donors (Lipinski definition) is 0. The van der Waals surface area contributed by atoms with Gasteiger partial charge in [0.2, 0.25) is 0 Å². The van der Waals surface area contributed by atoms with Gasteiger partial charge in [-0.05, 0) is 58.1 Å². The number of aryl methyl sites for hydroxylation is 1. The maximum absolute atomic E-state index is 12.5. The maximum Gasteiger partial charge on any atom is 0.189 e. The molecule has 0 aliphatic heterocycles. The molecule has 2 aromatic rings. The molecule has 0 atom stereocenters. The summed E-state index contributed by atoms with van der Waals surface area (Å²) in [4.78, 5) is 12.5. The standard InChI is InChI=1S/C18H15BrO2/c1-21-17-9-6-12(11-16(17)19)10-14-8-7-13-4-2-3-5-15(13)18(14)20/h2-6,9-11H,7-8H2,1H3/b14-10+. The van der Waals surface area contributed by atoms with Crippen LogP contribution in [0.15, 0.2) is 52.5 Å². The monoisotopic (exact) mass is 342 g/mol. The number of methoxy groups -OCH3 is 1. The lowest BCUT2D eigenvalue weighted by molar-refractivity contribution is 0.102. The fourth-order valence-electron chi connectivity index (χ4n) is 2.63. The van der Waals surface area contributed by atoms with E-state index in [0.717, 1.165) is 45.3 Å². The molecule has 0 amide bonds. The Bertz CT molecular complexity index is 732. The quantitative estimate of drug-likeness (QED) is 0.741. The normalized spacial score (nSPS) is 15.9. The Labute approximate surface area is 132 Å². The van der Waals surface area contributed by atoms with E-state index < -0.39 is 0 Å². The molecule has 0 heterocycles. The summed E-state index contributed by atoms with van der Waals surface area (Å²) >= 11 is 3.47. The molecular weight excluding hydrogens is 328 g/mol. The lowest BCUT2D eigenvalue weighted by atomic mass is 9.86. The molecule has 0 bridgehead atoms. The van der Waals surface area contributed by atoms with Gasteiger partial charge in [-0.15, -0.1) is 0 Å². The SMILES string of the molecule is COc1ccc(/C=C2\CCc3ccccc3C2=O)cc1Br. The molecule has 1 aliphatic rings. The first kappa shape index (κ1) is 14.1. The van der Waals surface area contributed by atoms with E-state index in [1.807, 2.05) is 48.5 Å². The van der Waals surface area contributed by atoms with Crippen molar-refractivity contribution >= 4 is 27.8 Å². The van der Waals surface area contributed by atoms with Crippen molar-refractivity contribution in [1.29, 1.82) is 0 Å². The number of ether oxygens (including phenoxy) is 1. The predicted octanol–water partition coefficient (Wildman–Crippen LogP) is 4.67. The van der Waals surface area contributed by atoms with Crippen LogP contribution in [0.4, 0.5) is 0 Å². The first-order chi connectivity index (χ1) is 10.2. The zero-order valence-electron chi connectivity index (χ0n) is 11.7. The minimum absolute atomic E-state index is 0.142. The molecule has 0 unspecified atom stereocenters. The Morgan fingerprint density at radius 3 is 2.71 bits per heavy atom. The van der Waals surface area contributed by atoms with Gasteiger partial charge in [0, 0.05) is 11.1 Å². The van der Waals surface area contributed by atoms with E-state index in [2.05, 4.69) is 15.9 Å². The van der Waals surface area contributed by atoms with Gasteiger partial charge in [-0.2, -0.15) is 0 Å². The number of carbonyl (C=O) groups excluding carboxylic acids is 1. The second kappa shape index (κ2) is 5.86. The summed E-state index contributed by atoms with van der Waals surface area (Å²) < 4.78 is 6.11. The summed E-state index contributed by atoms with van der Waals surface area (Å²) in [6.45, 7) is 0. The Morgan fingerprint density at radius 2 is 1.95 bits per heavy atom. The highest BCUT2D eigenvalue weighted by molar-refractivity contribution is 9.10. The number of Topliss-reactive ketones (excluding diaryl/α,β-unsaturated/α-hetero) is 1. The average molecular weight is 343 g/mol. The maximum atomic E-state index is 12.5. The van der Waals surface area contributed by atoms with Crippen molar-refractivity contribution in [3.8, 4) is 5.75 Å². The van der Waals surface area contributed by atoms with Crippen LogP contribution in [0, 0.1) is 0 Å². The number of allylic oxidation sites excluding steroid dienone is 1. The predicted molar refractivity (Wildman–Crippen MR) is 87.8 cm³/mol. The molecule has 0 saturated heterocycles. The van der Waals surface area contributed by atoms with Crippen LogP contribution in [-0.2, 0) is 6.42 Å². The summed E-state index contributed by atoms with van der Waals surface area (Å²) in [6, 6.07) is 13.7. The molecule has 0 spiro atoms. The van der Waals surface area contributed by atoms with E-state index >= 15 is 0 Å². The third kappa shape index (κ3) is 2.79. The minimum Gasteiger partial charge on any atom is -0.496 e. The summed E-state index contributed by atoms with van der Waals surface area (Å²) in [5.41, 5.74) is 3.86. The minimum atomic E-state index is 0.142. The van der Waals surface area contributed by atoms with Gasteiger partial charge in [0.25, 0.3) is 0 Å². The molecule has 1 aliphatic carbocycles. The number of rotatable bonds is 2. The van der Waals surface area contributed by atoms with Crippen LogP contribution >= 0.6 is 15.9 Å². The summed E-state index contributed by atoms with van der Waals surface area (Å²) in [5.74, 6) is 0.932. The van der Waals surface area contributed by atoms with Gasteiger partial charge in [-0.25, -0.2) is 0 Å². The van der Waals surface area contributed by atoms with E-state index in [9.17, 15) is 4.79 Å². The van der Waals surface area contributed by atoms with Crippen LogP contribution in [0.3, 0.4) is 0 Å². The molecule has 0 fully saturated rings. The average Bonchev–Trinajstić information content (AvgIpc) is 2.51. The number of benzene rings is 2. The second-order valence-corrected chi connectivity index (χ2v) is 5.90. The third-order valence-corrected chi connectivity index (χ3v) is 4.35. The number of halogens is 1. The third-order valence-electron chi connectivity index (χ3n) is 3.73. The summed E-state index contributed by atoms with van der Waals surface area (Å²) in [7, 11) is 1.64. The highest BCUT2D eigenvalue weighted by atomic mass is 79.9. The first-order valence-corrected chi connectivity index (χ1v) is 7.65. The number of hydrogen-bond acceptors (Lipinski definition) is 2. The molecule has 3 heteroatoms. The van der Waals surface area contributed by atoms with E-state index in [0.29, 0.717) is 0 Å². The molecular formula is C18H15BrO2. The molecule has 0 aromatic heterocycles. The van der Waals surface area contributed by atoms with Crippen LogP contribution in [0.25, 0.3) is 6.08 Å². The summed E-state index contributed by atoms with van der Waals surface area (Å²) in [6.07, 6.45) is 3.69. The lowest BCUT2D eigenvalue weighted by Crippen LogP contribution is -2.13. The van der Waals surface area contributed by atoms with Crippen molar-refractivity contribution in [3.63, 3.8) is 0 Å². The number of ketones is 1. The molecule has 2 aromatic carbocycles. The highest BCUT2D eigenvalue weighted by Gasteiger charge is 2.21. The van der Waals surface area contributed by atoms with Crippen molar-refractivity contribution in [1.82, 2.24) is 0 Å². The molecule has 3 rings (SSSR count). The zero-order valence-corrected chi connectivity index (χ0v) is 13.3. The van der Waals surface area contributed by atoms with Gasteiger partial charge in [0.1, 0.15) is 5.75 Å².